The van der Waals surface area contributed by atoms with Crippen molar-refractivity contribution in [3.8, 4) is 11.8 Å². The van der Waals surface area contributed by atoms with E-state index in [2.05, 4.69) is 22.1 Å². The third kappa shape index (κ3) is 4.05. The number of hydrogen-bond donors (Lipinski definition) is 2. The quantitative estimate of drug-likeness (QED) is 0.781. The van der Waals surface area contributed by atoms with E-state index in [-0.39, 0.29) is 13.2 Å². The van der Waals surface area contributed by atoms with Gasteiger partial charge in [0.1, 0.15) is 0 Å². The normalized spacial score (nSPS) is 15.1. The van der Waals surface area contributed by atoms with Crippen LogP contribution < -0.4 is 0 Å². The summed E-state index contributed by atoms with van der Waals surface area (Å²) in [5.41, 5.74) is 1.07. The first-order valence-corrected chi connectivity index (χ1v) is 7.74. The lowest BCUT2D eigenvalue weighted by Crippen LogP contribution is -2.41. The molecule has 0 radical (unpaired) electrons. The minimum atomic E-state index is 0.116. The molecular weight excluding hydrogens is 258 g/mol. The van der Waals surface area contributed by atoms with Crippen molar-refractivity contribution in [1.82, 2.24) is 4.90 Å². The Balaban J connectivity index is 2.00. The van der Waals surface area contributed by atoms with Gasteiger partial charge in [0, 0.05) is 36.0 Å². The van der Waals surface area contributed by atoms with Gasteiger partial charge in [0.2, 0.25) is 0 Å². The average Bonchev–Trinajstić information content (AvgIpc) is 2.75. The molecule has 1 saturated carbocycles. The lowest BCUT2D eigenvalue weighted by Gasteiger charge is -2.37. The smallest absolute Gasteiger partial charge is 0.0558 e. The highest BCUT2D eigenvalue weighted by Crippen LogP contribution is 2.28. The number of aliphatic hydroxyl groups excluding tert-OH is 2. The second-order valence-electron chi connectivity index (χ2n) is 4.81. The van der Waals surface area contributed by atoms with Crippen LogP contribution in [-0.2, 0) is 6.54 Å². The van der Waals surface area contributed by atoms with Crippen molar-refractivity contribution in [2.45, 2.75) is 38.3 Å². The summed E-state index contributed by atoms with van der Waals surface area (Å²) in [6, 6.07) is 2.68. The zero-order chi connectivity index (χ0) is 13.5. The summed E-state index contributed by atoms with van der Waals surface area (Å²) in [6.45, 7) is 1.96. The Hall–Kier alpha value is -0.860. The van der Waals surface area contributed by atoms with Crippen LogP contribution in [0, 0.1) is 11.8 Å². The fourth-order valence-corrected chi connectivity index (χ4v) is 3.10. The molecule has 0 atom stereocenters. The van der Waals surface area contributed by atoms with Crippen molar-refractivity contribution in [2.24, 2.45) is 0 Å². The molecule has 0 saturated heterocycles. The van der Waals surface area contributed by atoms with Crippen LogP contribution in [0.15, 0.2) is 11.4 Å². The Kier molecular flexibility index (Phi) is 5.87. The lowest BCUT2D eigenvalue weighted by atomic mass is 9.91. The van der Waals surface area contributed by atoms with E-state index in [0.717, 1.165) is 18.7 Å². The number of thiophene rings is 1. The van der Waals surface area contributed by atoms with Crippen LogP contribution in [0.25, 0.3) is 0 Å². The van der Waals surface area contributed by atoms with E-state index in [9.17, 15) is 5.11 Å². The van der Waals surface area contributed by atoms with Crippen LogP contribution in [0.2, 0.25) is 0 Å². The van der Waals surface area contributed by atoms with Gasteiger partial charge in [0.25, 0.3) is 0 Å². The van der Waals surface area contributed by atoms with E-state index in [0.29, 0.717) is 12.5 Å². The van der Waals surface area contributed by atoms with E-state index >= 15 is 0 Å². The molecule has 2 rings (SSSR count). The molecular formula is C15H21NO2S. The van der Waals surface area contributed by atoms with Crippen LogP contribution in [-0.4, -0.2) is 40.9 Å². The molecule has 1 aliphatic carbocycles. The van der Waals surface area contributed by atoms with Crippen molar-refractivity contribution in [3.63, 3.8) is 0 Å². The van der Waals surface area contributed by atoms with Crippen LogP contribution >= 0.6 is 11.3 Å². The summed E-state index contributed by atoms with van der Waals surface area (Å²) < 4.78 is 0. The van der Waals surface area contributed by atoms with Gasteiger partial charge in [0.05, 0.1) is 13.2 Å². The molecule has 0 aliphatic heterocycles. The molecule has 4 heteroatoms. The molecule has 3 nitrogen and oxygen atoms in total. The van der Waals surface area contributed by atoms with Gasteiger partial charge in [-0.25, -0.2) is 0 Å². The zero-order valence-corrected chi connectivity index (χ0v) is 12.0. The molecule has 0 amide bonds. The highest BCUT2D eigenvalue weighted by molar-refractivity contribution is 7.10. The molecule has 19 heavy (non-hydrogen) atoms. The highest BCUT2D eigenvalue weighted by Gasteiger charge is 2.25. The average molecular weight is 279 g/mol. The first-order chi connectivity index (χ1) is 9.35. The minimum Gasteiger partial charge on any atom is -0.395 e. The zero-order valence-electron chi connectivity index (χ0n) is 11.1. The molecule has 0 unspecified atom stereocenters. The van der Waals surface area contributed by atoms with Crippen LogP contribution in [0.5, 0.6) is 0 Å². The topological polar surface area (TPSA) is 43.7 Å². The summed E-state index contributed by atoms with van der Waals surface area (Å²) in [4.78, 5) is 3.64. The van der Waals surface area contributed by atoms with Crippen LogP contribution in [0.1, 0.15) is 36.1 Å². The molecule has 2 N–H and O–H groups in total. The van der Waals surface area contributed by atoms with Gasteiger partial charge in [-0.3, -0.25) is 4.90 Å². The number of hydrogen-bond acceptors (Lipinski definition) is 4. The lowest BCUT2D eigenvalue weighted by molar-refractivity contribution is 0.0955. The predicted octanol–water partition coefficient (Wildman–Crippen LogP) is 1.83. The fraction of sp³-hybridized carbons (Fsp3) is 0.600. The molecule has 1 aromatic heterocycles. The minimum absolute atomic E-state index is 0.116. The van der Waals surface area contributed by atoms with Gasteiger partial charge in [-0.2, -0.15) is 0 Å². The van der Waals surface area contributed by atoms with Crippen molar-refractivity contribution < 1.29 is 10.2 Å². The first kappa shape index (κ1) is 14.5. The Bertz CT molecular complexity index is 442. The highest BCUT2D eigenvalue weighted by atomic mass is 32.1. The van der Waals surface area contributed by atoms with Gasteiger partial charge >= 0.3 is 0 Å². The maximum atomic E-state index is 9.18. The Morgan fingerprint density at radius 2 is 2.16 bits per heavy atom. The molecule has 1 aliphatic rings. The largest absolute Gasteiger partial charge is 0.395 e. The van der Waals surface area contributed by atoms with Gasteiger partial charge in [-0.05, 0) is 24.3 Å². The molecule has 1 fully saturated rings. The van der Waals surface area contributed by atoms with Crippen molar-refractivity contribution in [2.75, 3.05) is 19.8 Å². The summed E-state index contributed by atoms with van der Waals surface area (Å²) in [6.07, 6.45) is 4.33. The molecule has 1 heterocycles. The molecule has 1 aromatic rings. The monoisotopic (exact) mass is 279 g/mol. The first-order valence-electron chi connectivity index (χ1n) is 6.86. The number of rotatable bonds is 6. The van der Waals surface area contributed by atoms with Gasteiger partial charge < -0.3 is 10.2 Å². The van der Waals surface area contributed by atoms with E-state index in [1.165, 1.54) is 24.1 Å². The van der Waals surface area contributed by atoms with Gasteiger partial charge in [0.15, 0.2) is 0 Å². The summed E-state index contributed by atoms with van der Waals surface area (Å²) >= 11 is 1.73. The maximum Gasteiger partial charge on any atom is 0.0558 e. The fourth-order valence-electron chi connectivity index (χ4n) is 2.24. The second kappa shape index (κ2) is 7.66. The third-order valence-electron chi connectivity index (χ3n) is 3.53. The van der Waals surface area contributed by atoms with E-state index in [1.54, 1.807) is 11.3 Å². The molecule has 0 bridgehead atoms. The number of aliphatic hydroxyl groups is 2. The predicted molar refractivity (Wildman–Crippen MR) is 78.0 cm³/mol. The van der Waals surface area contributed by atoms with Crippen molar-refractivity contribution in [3.05, 3.63) is 21.9 Å². The van der Waals surface area contributed by atoms with Crippen molar-refractivity contribution in [1.29, 1.82) is 0 Å². The summed E-state index contributed by atoms with van der Waals surface area (Å²) in [5, 5.41) is 20.0. The summed E-state index contributed by atoms with van der Waals surface area (Å²) in [7, 11) is 0. The Morgan fingerprint density at radius 3 is 2.79 bits per heavy atom. The van der Waals surface area contributed by atoms with E-state index in [4.69, 9.17) is 5.11 Å². The number of nitrogens with zero attached hydrogens (tertiary/aromatic N) is 1. The summed E-state index contributed by atoms with van der Waals surface area (Å²) in [5.74, 6) is 6.11. The second-order valence-corrected chi connectivity index (χ2v) is 5.81. The third-order valence-corrected chi connectivity index (χ3v) is 4.44. The Morgan fingerprint density at radius 1 is 1.32 bits per heavy atom. The van der Waals surface area contributed by atoms with Gasteiger partial charge in [-0.15, -0.1) is 11.3 Å². The van der Waals surface area contributed by atoms with Crippen LogP contribution in [0.4, 0.5) is 0 Å². The van der Waals surface area contributed by atoms with E-state index in [1.807, 2.05) is 6.07 Å². The van der Waals surface area contributed by atoms with Gasteiger partial charge in [-0.1, -0.05) is 18.3 Å². The standard InChI is InChI=1S/C15H21NO2S/c17-9-2-1-4-13-7-11-19-15(13)12-16(8-10-18)14-5-3-6-14/h7,11,14,17-18H,2-3,5-6,8-10,12H2. The molecule has 0 spiro atoms. The maximum absolute atomic E-state index is 9.18. The molecule has 104 valence electrons. The van der Waals surface area contributed by atoms with Crippen LogP contribution in [0.3, 0.4) is 0 Å². The SMILES string of the molecule is OCCC#Cc1ccsc1CN(CCO)C1CCC1. The molecule has 0 aromatic carbocycles. The van der Waals surface area contributed by atoms with E-state index < -0.39 is 0 Å². The van der Waals surface area contributed by atoms with Crippen molar-refractivity contribution >= 4 is 11.3 Å². The Labute approximate surface area is 118 Å².